The van der Waals surface area contributed by atoms with Crippen LogP contribution >= 0.6 is 11.6 Å². The summed E-state index contributed by atoms with van der Waals surface area (Å²) < 4.78 is 7.51. The Balaban J connectivity index is 1.52. The average Bonchev–Trinajstić information content (AvgIpc) is 2.76. The highest BCUT2D eigenvalue weighted by molar-refractivity contribution is 6.33. The van der Waals surface area contributed by atoms with E-state index in [2.05, 4.69) is 11.8 Å². The standard InChI is InChI=1S/C25H27ClN2O4/c1-2-3-5-16-9-23(30)32-25-18(16)10-20(26)24(31)19(25)14-27-11-15-8-17(13-27)21-6-4-7-22(29)28(21)12-15/h4,6-7,9-10,15,17,31H,2-3,5,8,11-14H2,1H3/t15-,17+/m1/s1. The van der Waals surface area contributed by atoms with Gasteiger partial charge in [0.2, 0.25) is 0 Å². The maximum Gasteiger partial charge on any atom is 0.336 e. The van der Waals surface area contributed by atoms with Crippen molar-refractivity contribution in [2.45, 2.75) is 51.6 Å². The number of phenols is 1. The zero-order chi connectivity index (χ0) is 22.4. The largest absolute Gasteiger partial charge is 0.506 e. The molecule has 2 bridgehead atoms. The van der Waals surface area contributed by atoms with Gasteiger partial charge in [-0.3, -0.25) is 9.69 Å². The number of hydrogen-bond donors (Lipinski definition) is 1. The van der Waals surface area contributed by atoms with Crippen molar-refractivity contribution in [1.29, 1.82) is 0 Å². The summed E-state index contributed by atoms with van der Waals surface area (Å²) in [4.78, 5) is 26.9. The monoisotopic (exact) mass is 454 g/mol. The highest BCUT2D eigenvalue weighted by atomic mass is 35.5. The van der Waals surface area contributed by atoms with Crippen molar-refractivity contribution in [3.63, 3.8) is 0 Å². The van der Waals surface area contributed by atoms with E-state index in [4.69, 9.17) is 16.0 Å². The maximum absolute atomic E-state index is 12.3. The number of aromatic hydroxyl groups is 1. The Bertz CT molecular complexity index is 1300. The van der Waals surface area contributed by atoms with Crippen LogP contribution in [0, 0.1) is 5.92 Å². The van der Waals surface area contributed by atoms with Gasteiger partial charge in [0, 0.05) is 55.3 Å². The summed E-state index contributed by atoms with van der Waals surface area (Å²) in [6.45, 7) is 4.84. The quantitative estimate of drug-likeness (QED) is 0.582. The Hall–Kier alpha value is -2.57. The fourth-order valence-corrected chi connectivity index (χ4v) is 5.67. The molecule has 0 unspecified atom stereocenters. The molecule has 6 nitrogen and oxygen atoms in total. The molecule has 3 aromatic rings. The lowest BCUT2D eigenvalue weighted by Gasteiger charge is -2.42. The predicted octanol–water partition coefficient (Wildman–Crippen LogP) is 4.28. The maximum atomic E-state index is 12.3. The molecular formula is C25H27ClN2O4. The minimum Gasteiger partial charge on any atom is -0.506 e. The number of benzene rings is 1. The Morgan fingerprint density at radius 1 is 1.19 bits per heavy atom. The molecule has 1 aromatic carbocycles. The molecule has 0 radical (unpaired) electrons. The van der Waals surface area contributed by atoms with E-state index in [-0.39, 0.29) is 22.2 Å². The summed E-state index contributed by atoms with van der Waals surface area (Å²) in [7, 11) is 0. The molecule has 32 heavy (non-hydrogen) atoms. The van der Waals surface area contributed by atoms with Crippen LogP contribution in [0.2, 0.25) is 5.02 Å². The van der Waals surface area contributed by atoms with Crippen LogP contribution in [0.1, 0.15) is 48.9 Å². The van der Waals surface area contributed by atoms with E-state index in [0.717, 1.165) is 55.4 Å². The molecule has 0 amide bonds. The van der Waals surface area contributed by atoms with Gasteiger partial charge in [-0.25, -0.2) is 4.79 Å². The Kier molecular flexibility index (Phi) is 5.59. The number of unbranched alkanes of at least 4 members (excludes halogenated alkanes) is 1. The second kappa shape index (κ2) is 8.41. The van der Waals surface area contributed by atoms with Crippen LogP contribution in [-0.2, 0) is 19.5 Å². The third kappa shape index (κ3) is 3.76. The van der Waals surface area contributed by atoms with E-state index in [1.165, 1.54) is 6.07 Å². The van der Waals surface area contributed by atoms with Crippen LogP contribution in [0.15, 0.2) is 44.3 Å². The van der Waals surface area contributed by atoms with Crippen LogP contribution in [0.4, 0.5) is 0 Å². The van der Waals surface area contributed by atoms with Crippen LogP contribution in [0.5, 0.6) is 5.75 Å². The van der Waals surface area contributed by atoms with Gasteiger partial charge in [-0.05, 0) is 42.9 Å². The molecule has 2 atom stereocenters. The summed E-state index contributed by atoms with van der Waals surface area (Å²) >= 11 is 6.41. The van der Waals surface area contributed by atoms with Gasteiger partial charge in [0.05, 0.1) is 10.6 Å². The molecule has 1 saturated heterocycles. The molecule has 2 aromatic heterocycles. The number of aromatic nitrogens is 1. The van der Waals surface area contributed by atoms with Gasteiger partial charge >= 0.3 is 5.63 Å². The minimum atomic E-state index is -0.407. The SMILES string of the molecule is CCCCc1cc(=O)oc2c(CN3C[C@H]4C[C@@H](C3)c3cccc(=O)n3C4)c(O)c(Cl)cc12. The van der Waals surface area contributed by atoms with Crippen molar-refractivity contribution in [1.82, 2.24) is 9.47 Å². The van der Waals surface area contributed by atoms with Gasteiger partial charge in [0.1, 0.15) is 11.3 Å². The van der Waals surface area contributed by atoms with Crippen LogP contribution < -0.4 is 11.2 Å². The lowest BCUT2D eigenvalue weighted by molar-refractivity contribution is 0.113. The van der Waals surface area contributed by atoms with Crippen molar-refractivity contribution >= 4 is 22.6 Å². The summed E-state index contributed by atoms with van der Waals surface area (Å²) in [5, 5.41) is 11.9. The molecule has 2 aliphatic rings. The van der Waals surface area contributed by atoms with E-state index in [1.807, 2.05) is 16.7 Å². The third-order valence-electron chi connectivity index (χ3n) is 6.88. The number of pyridine rings is 1. The second-order valence-corrected chi connectivity index (χ2v) is 9.56. The molecule has 4 heterocycles. The number of likely N-dealkylation sites (tertiary alicyclic amines) is 1. The topological polar surface area (TPSA) is 75.7 Å². The zero-order valence-corrected chi connectivity index (χ0v) is 18.9. The molecule has 168 valence electrons. The Labute approximate surface area is 191 Å². The van der Waals surface area contributed by atoms with Gasteiger partial charge < -0.3 is 14.1 Å². The smallest absolute Gasteiger partial charge is 0.336 e. The highest BCUT2D eigenvalue weighted by Gasteiger charge is 2.35. The van der Waals surface area contributed by atoms with Gasteiger partial charge in [0.25, 0.3) is 5.56 Å². The van der Waals surface area contributed by atoms with E-state index < -0.39 is 5.63 Å². The number of piperidine rings is 1. The number of nitrogens with zero attached hydrogens (tertiary/aromatic N) is 2. The number of aryl methyl sites for hydroxylation is 1. The first-order valence-electron chi connectivity index (χ1n) is 11.3. The van der Waals surface area contributed by atoms with Crippen LogP contribution in [0.25, 0.3) is 11.0 Å². The second-order valence-electron chi connectivity index (χ2n) is 9.15. The molecule has 0 saturated carbocycles. The Morgan fingerprint density at radius 2 is 2.03 bits per heavy atom. The van der Waals surface area contributed by atoms with E-state index in [1.54, 1.807) is 12.1 Å². The molecule has 1 fully saturated rings. The van der Waals surface area contributed by atoms with E-state index in [0.29, 0.717) is 30.2 Å². The van der Waals surface area contributed by atoms with Crippen molar-refractivity contribution in [2.75, 3.05) is 13.1 Å². The van der Waals surface area contributed by atoms with Gasteiger partial charge in [-0.1, -0.05) is 31.0 Å². The fraction of sp³-hybridized carbons (Fsp3) is 0.440. The molecular weight excluding hydrogens is 428 g/mol. The van der Waals surface area contributed by atoms with Crippen LogP contribution in [0.3, 0.4) is 0 Å². The average molecular weight is 455 g/mol. The van der Waals surface area contributed by atoms with Gasteiger partial charge in [-0.15, -0.1) is 0 Å². The zero-order valence-electron chi connectivity index (χ0n) is 18.1. The first kappa shape index (κ1) is 21.3. The molecule has 5 rings (SSSR count). The number of halogens is 1. The number of phenolic OH excluding ortho intramolecular Hbond substituents is 1. The normalized spacial score (nSPS) is 20.4. The van der Waals surface area contributed by atoms with Crippen LogP contribution in [-0.4, -0.2) is 27.7 Å². The fourth-order valence-electron chi connectivity index (χ4n) is 5.45. The van der Waals surface area contributed by atoms with Crippen molar-refractivity contribution < 1.29 is 9.52 Å². The molecule has 0 aliphatic carbocycles. The third-order valence-corrected chi connectivity index (χ3v) is 7.17. The van der Waals surface area contributed by atoms with E-state index >= 15 is 0 Å². The van der Waals surface area contributed by atoms with Crippen molar-refractivity contribution in [3.8, 4) is 5.75 Å². The van der Waals surface area contributed by atoms with Gasteiger partial charge in [0.15, 0.2) is 0 Å². The Morgan fingerprint density at radius 3 is 2.84 bits per heavy atom. The molecule has 7 heteroatoms. The van der Waals surface area contributed by atoms with Crippen molar-refractivity contribution in [2.24, 2.45) is 5.92 Å². The number of hydrogen-bond acceptors (Lipinski definition) is 5. The summed E-state index contributed by atoms with van der Waals surface area (Å²) in [6, 6.07) is 8.73. The lowest BCUT2D eigenvalue weighted by Crippen LogP contribution is -2.46. The summed E-state index contributed by atoms with van der Waals surface area (Å²) in [6.07, 6.45) is 3.79. The van der Waals surface area contributed by atoms with Crippen molar-refractivity contribution in [3.05, 3.63) is 72.9 Å². The molecule has 0 spiro atoms. The summed E-state index contributed by atoms with van der Waals surface area (Å²) in [5.41, 5.74) is 2.63. The highest BCUT2D eigenvalue weighted by Crippen LogP contribution is 2.39. The van der Waals surface area contributed by atoms with E-state index in [9.17, 15) is 14.7 Å². The lowest BCUT2D eigenvalue weighted by atomic mass is 9.83. The number of fused-ring (bicyclic) bond motifs is 5. The predicted molar refractivity (Wildman–Crippen MR) is 125 cm³/mol. The molecule has 1 N–H and O–H groups in total. The molecule has 2 aliphatic heterocycles. The van der Waals surface area contributed by atoms with Gasteiger partial charge in [-0.2, -0.15) is 0 Å². The first-order valence-corrected chi connectivity index (χ1v) is 11.7. The first-order chi connectivity index (χ1) is 15.4. The minimum absolute atomic E-state index is 0.0256. The summed E-state index contributed by atoms with van der Waals surface area (Å²) in [5.74, 6) is 0.597. The number of rotatable bonds is 5.